The Hall–Kier alpha value is -1.06. The molecule has 2 N–H and O–H groups in total. The minimum absolute atomic E-state index is 0. The van der Waals surface area contributed by atoms with E-state index >= 15 is 0 Å². The van der Waals surface area contributed by atoms with E-state index in [-0.39, 0.29) is 24.0 Å². The second kappa shape index (κ2) is 11.8. The maximum absolute atomic E-state index is 5.44. The maximum atomic E-state index is 5.44. The van der Waals surface area contributed by atoms with Crippen LogP contribution in [0, 0.1) is 0 Å². The van der Waals surface area contributed by atoms with Crippen molar-refractivity contribution in [2.75, 3.05) is 57.4 Å². The molecule has 2 heterocycles. The maximum Gasteiger partial charge on any atom is 0.191 e. The smallest absolute Gasteiger partial charge is 0.191 e. The van der Waals surface area contributed by atoms with Crippen molar-refractivity contribution in [3.63, 3.8) is 0 Å². The van der Waals surface area contributed by atoms with Gasteiger partial charge in [0.15, 0.2) is 5.96 Å². The number of nitrogens with one attached hydrogen (secondary N) is 2. The zero-order chi connectivity index (χ0) is 19.1. The van der Waals surface area contributed by atoms with Crippen molar-refractivity contribution in [2.45, 2.75) is 39.3 Å². The molecule has 0 saturated carbocycles. The fraction of sp³-hybridized carbons (Fsp3) is 0.667. The van der Waals surface area contributed by atoms with Crippen LogP contribution in [0.1, 0.15) is 26.3 Å². The van der Waals surface area contributed by atoms with E-state index in [1.54, 1.807) is 0 Å². The summed E-state index contributed by atoms with van der Waals surface area (Å²) in [6.45, 7) is 13.9. The quantitative estimate of drug-likeness (QED) is 0.342. The molecule has 2 unspecified atom stereocenters. The molecular weight excluding hydrogens is 465 g/mol. The monoisotopic (exact) mass is 501 g/mol. The summed E-state index contributed by atoms with van der Waals surface area (Å²) in [7, 11) is 0. The lowest BCUT2D eigenvalue weighted by atomic mass is 10.1. The molecule has 6 nitrogen and oxygen atoms in total. The number of anilines is 1. The Labute approximate surface area is 187 Å². The van der Waals surface area contributed by atoms with E-state index in [0.717, 1.165) is 64.9 Å². The molecule has 0 radical (unpaired) electrons. The first-order valence-corrected chi connectivity index (χ1v) is 10.4. The highest BCUT2D eigenvalue weighted by atomic mass is 127. The number of ether oxygens (including phenoxy) is 1. The highest BCUT2D eigenvalue weighted by molar-refractivity contribution is 14.0. The van der Waals surface area contributed by atoms with Gasteiger partial charge in [0.2, 0.25) is 0 Å². The van der Waals surface area contributed by atoms with Crippen molar-refractivity contribution in [2.24, 2.45) is 4.99 Å². The van der Waals surface area contributed by atoms with Gasteiger partial charge in [-0.3, -0.25) is 9.89 Å². The van der Waals surface area contributed by atoms with Gasteiger partial charge in [-0.25, -0.2) is 0 Å². The fourth-order valence-electron chi connectivity index (χ4n) is 3.96. The summed E-state index contributed by atoms with van der Waals surface area (Å²) < 4.78 is 5.44. The van der Waals surface area contributed by atoms with E-state index in [9.17, 15) is 0 Å². The van der Waals surface area contributed by atoms with E-state index in [1.807, 2.05) is 0 Å². The van der Waals surface area contributed by atoms with Gasteiger partial charge < -0.3 is 20.3 Å². The van der Waals surface area contributed by atoms with Crippen LogP contribution in [0.15, 0.2) is 29.3 Å². The molecular formula is C21H36IN5O. The Morgan fingerprint density at radius 2 is 2.00 bits per heavy atom. The van der Waals surface area contributed by atoms with Crippen molar-refractivity contribution in [1.29, 1.82) is 0 Å². The summed E-state index contributed by atoms with van der Waals surface area (Å²) in [6, 6.07) is 9.76. The van der Waals surface area contributed by atoms with Gasteiger partial charge in [-0.05, 0) is 38.8 Å². The van der Waals surface area contributed by atoms with Gasteiger partial charge >= 0.3 is 0 Å². The minimum Gasteiger partial charge on any atom is -0.379 e. The Morgan fingerprint density at radius 1 is 1.25 bits per heavy atom. The molecule has 2 atom stereocenters. The van der Waals surface area contributed by atoms with Crippen molar-refractivity contribution in [1.82, 2.24) is 15.5 Å². The van der Waals surface area contributed by atoms with Crippen LogP contribution in [0.3, 0.4) is 0 Å². The van der Waals surface area contributed by atoms with Crippen LogP contribution in [0.5, 0.6) is 0 Å². The van der Waals surface area contributed by atoms with Crippen LogP contribution in [0.2, 0.25) is 0 Å². The zero-order valence-corrected chi connectivity index (χ0v) is 19.8. The van der Waals surface area contributed by atoms with Crippen molar-refractivity contribution < 1.29 is 4.74 Å². The van der Waals surface area contributed by atoms with Gasteiger partial charge in [-0.1, -0.05) is 18.2 Å². The second-order valence-electron chi connectivity index (χ2n) is 7.52. The Bertz CT molecular complexity index is 621. The number of morpholine rings is 1. The van der Waals surface area contributed by atoms with Gasteiger partial charge in [0.1, 0.15) is 0 Å². The number of fused-ring (bicyclic) bond motifs is 1. The summed E-state index contributed by atoms with van der Waals surface area (Å²) >= 11 is 0. The lowest BCUT2D eigenvalue weighted by Crippen LogP contribution is -2.45. The number of para-hydroxylation sites is 1. The second-order valence-corrected chi connectivity index (χ2v) is 7.52. The van der Waals surface area contributed by atoms with Gasteiger partial charge in [-0.2, -0.15) is 0 Å². The molecule has 158 valence electrons. The number of guanidine groups is 1. The molecule has 0 spiro atoms. The van der Waals surface area contributed by atoms with E-state index in [0.29, 0.717) is 12.1 Å². The lowest BCUT2D eigenvalue weighted by molar-refractivity contribution is 0.0220. The molecule has 1 saturated heterocycles. The molecule has 1 aromatic carbocycles. The molecule has 3 rings (SSSR count). The van der Waals surface area contributed by atoms with Gasteiger partial charge in [0.05, 0.1) is 19.8 Å². The minimum atomic E-state index is 0. The van der Waals surface area contributed by atoms with Gasteiger partial charge in [0.25, 0.3) is 0 Å². The molecule has 0 aromatic heterocycles. The topological polar surface area (TPSA) is 52.1 Å². The van der Waals surface area contributed by atoms with Gasteiger partial charge in [-0.15, -0.1) is 24.0 Å². The Morgan fingerprint density at radius 3 is 2.75 bits per heavy atom. The predicted molar refractivity (Wildman–Crippen MR) is 128 cm³/mol. The number of aliphatic imine (C=N–C) groups is 1. The predicted octanol–water partition coefficient (Wildman–Crippen LogP) is 2.33. The van der Waals surface area contributed by atoms with Crippen LogP contribution in [0.4, 0.5) is 5.69 Å². The molecule has 1 fully saturated rings. The average molecular weight is 501 g/mol. The Balaban J connectivity index is 0.00000280. The van der Waals surface area contributed by atoms with Crippen molar-refractivity contribution in [3.8, 4) is 0 Å². The normalized spacial score (nSPS) is 21.0. The highest BCUT2D eigenvalue weighted by Gasteiger charge is 2.24. The number of hydrogen-bond donors (Lipinski definition) is 2. The zero-order valence-electron chi connectivity index (χ0n) is 17.5. The van der Waals surface area contributed by atoms with Crippen LogP contribution < -0.4 is 15.5 Å². The summed E-state index contributed by atoms with van der Waals surface area (Å²) in [4.78, 5) is 9.77. The highest BCUT2D eigenvalue weighted by Crippen LogP contribution is 2.31. The van der Waals surface area contributed by atoms with Crippen LogP contribution in [-0.4, -0.2) is 75.4 Å². The van der Waals surface area contributed by atoms with E-state index in [4.69, 9.17) is 9.73 Å². The molecule has 0 bridgehead atoms. The van der Waals surface area contributed by atoms with E-state index < -0.39 is 0 Å². The molecule has 28 heavy (non-hydrogen) atoms. The number of benzene rings is 1. The SMILES string of the molecule is CCNC(=NCC(C)N1CCOCC1)NCCN1c2ccccc2CC1C.I. The first kappa shape index (κ1) is 23.2. The fourth-order valence-corrected chi connectivity index (χ4v) is 3.96. The van der Waals surface area contributed by atoms with Crippen molar-refractivity contribution >= 4 is 35.6 Å². The summed E-state index contributed by atoms with van der Waals surface area (Å²) in [5.41, 5.74) is 2.85. The number of hydrogen-bond acceptors (Lipinski definition) is 4. The third-order valence-corrected chi connectivity index (χ3v) is 5.52. The average Bonchev–Trinajstić information content (AvgIpc) is 3.02. The van der Waals surface area contributed by atoms with Gasteiger partial charge in [0, 0.05) is 50.5 Å². The van der Waals surface area contributed by atoms with E-state index in [2.05, 4.69) is 65.5 Å². The molecule has 7 heteroatoms. The Kier molecular flexibility index (Phi) is 9.81. The largest absolute Gasteiger partial charge is 0.379 e. The number of rotatable bonds is 7. The lowest BCUT2D eigenvalue weighted by Gasteiger charge is -2.31. The third kappa shape index (κ3) is 6.22. The summed E-state index contributed by atoms with van der Waals surface area (Å²) in [5.74, 6) is 0.915. The van der Waals surface area contributed by atoms with Crippen molar-refractivity contribution in [3.05, 3.63) is 29.8 Å². The summed E-state index contributed by atoms with van der Waals surface area (Å²) in [5, 5.41) is 6.89. The molecule has 0 amide bonds. The molecule has 1 aromatic rings. The first-order valence-electron chi connectivity index (χ1n) is 10.4. The molecule has 0 aliphatic carbocycles. The standard InChI is InChI=1S/C21H35N5O.HI/c1-4-22-21(24-16-18(3)25-11-13-27-14-12-25)23-9-10-26-17(2)15-19-7-5-6-8-20(19)26;/h5-8,17-18H,4,9-16H2,1-3H3,(H2,22,23,24);1H. The third-order valence-electron chi connectivity index (χ3n) is 5.52. The van der Waals surface area contributed by atoms with Crippen LogP contribution >= 0.6 is 24.0 Å². The first-order chi connectivity index (χ1) is 13.2. The van der Waals surface area contributed by atoms with Crippen LogP contribution in [0.25, 0.3) is 0 Å². The van der Waals surface area contributed by atoms with Crippen LogP contribution in [-0.2, 0) is 11.2 Å². The number of halogens is 1. The summed E-state index contributed by atoms with van der Waals surface area (Å²) in [6.07, 6.45) is 1.14. The molecule has 2 aliphatic rings. The van der Waals surface area contributed by atoms with E-state index in [1.165, 1.54) is 11.3 Å². The molecule has 2 aliphatic heterocycles. The number of nitrogens with zero attached hydrogens (tertiary/aromatic N) is 3.